The Morgan fingerprint density at radius 2 is 1.29 bits per heavy atom. The monoisotopic (exact) mass is 218 g/mol. The van der Waals surface area contributed by atoms with E-state index in [1.165, 1.54) is 12.8 Å². The van der Waals surface area contributed by atoms with Gasteiger partial charge in [0.25, 0.3) is 0 Å². The normalized spacial score (nSPS) is 5.14. The Balaban J connectivity index is -0.0000000480. The van der Waals surface area contributed by atoms with Crippen LogP contribution in [0.15, 0.2) is 0 Å². The van der Waals surface area contributed by atoms with Gasteiger partial charge in [-0.3, -0.25) is 0 Å². The van der Waals surface area contributed by atoms with Crippen LogP contribution in [0.3, 0.4) is 0 Å². The molecule has 0 nitrogen and oxygen atoms in total. The first-order valence-corrected chi connectivity index (χ1v) is 6.41. The Morgan fingerprint density at radius 1 is 1.14 bits per heavy atom. The van der Waals surface area contributed by atoms with Gasteiger partial charge >= 0.3 is 26.7 Å². The van der Waals surface area contributed by atoms with Crippen molar-refractivity contribution in [1.82, 2.24) is 0 Å². The summed E-state index contributed by atoms with van der Waals surface area (Å²) < 4.78 is 0. The van der Waals surface area contributed by atoms with Crippen LogP contribution in [0.25, 0.3) is 0 Å². The molecule has 0 N–H and O–H groups in total. The second-order valence-electron chi connectivity index (χ2n) is 1.000. The molecule has 0 unspecified atom stereocenters. The van der Waals surface area contributed by atoms with Crippen LogP contribution in [-0.2, 0) is 36.0 Å². The van der Waals surface area contributed by atoms with Gasteiger partial charge in [0.1, 0.15) is 0 Å². The van der Waals surface area contributed by atoms with Crippen molar-refractivity contribution in [2.24, 2.45) is 0 Å². The molecule has 0 rings (SSSR count). The molecule has 0 amide bonds. The van der Waals surface area contributed by atoms with Gasteiger partial charge in [0.15, 0.2) is 0 Å². The van der Waals surface area contributed by atoms with Crippen molar-refractivity contribution in [3.63, 3.8) is 0 Å². The second-order valence-corrected chi connectivity index (χ2v) is 1.000. The standard InChI is InChI=1S/C4H10.S.2Zn/c1-3-4-2;;;/h3-4H2,1-2H3;;;. The minimum atomic E-state index is 0. The van der Waals surface area contributed by atoms with Crippen LogP contribution in [0.2, 0.25) is 0 Å². The van der Waals surface area contributed by atoms with Crippen LogP contribution in [0.1, 0.15) is 26.7 Å². The summed E-state index contributed by atoms with van der Waals surface area (Å²) >= 11 is 0.958. The topological polar surface area (TPSA) is 0 Å². The molecule has 0 saturated carbocycles. The Morgan fingerprint density at radius 3 is 1.29 bits per heavy atom. The van der Waals surface area contributed by atoms with Crippen LogP contribution >= 0.6 is 10.1 Å². The number of hydrogen-bond donors (Lipinski definition) is 0. The molecule has 0 heterocycles. The zero-order valence-electron chi connectivity index (χ0n) is 5.24. The van der Waals surface area contributed by atoms with Gasteiger partial charge in [0.05, 0.1) is 0 Å². The number of hydrogen-bond acceptors (Lipinski definition) is 1. The average Bonchev–Trinajstić information content (AvgIpc) is 1.72. The van der Waals surface area contributed by atoms with Crippen molar-refractivity contribution in [2.75, 3.05) is 0 Å². The van der Waals surface area contributed by atoms with E-state index in [9.17, 15) is 0 Å². The average molecular weight is 221 g/mol. The second kappa shape index (κ2) is 26.0. The van der Waals surface area contributed by atoms with E-state index in [2.05, 4.69) is 24.0 Å². The summed E-state index contributed by atoms with van der Waals surface area (Å²) in [6, 6.07) is 0. The third-order valence-electron chi connectivity index (χ3n) is 0.500. The minimum absolute atomic E-state index is 0. The first kappa shape index (κ1) is 15.8. The Bertz CT molecular complexity index is 17.2. The first-order chi connectivity index (χ1) is 2.91. The molecule has 0 aliphatic carbocycles. The number of unbranched alkanes of at least 4 members (excludes halogenated alkanes) is 1. The molecule has 0 spiro atoms. The van der Waals surface area contributed by atoms with Crippen LogP contribution in [0.5, 0.6) is 0 Å². The first-order valence-electron chi connectivity index (χ1n) is 2.20. The fourth-order valence-electron chi connectivity index (χ4n) is 0. The molecule has 0 aromatic heterocycles. The van der Waals surface area contributed by atoms with Crippen LogP contribution in [0.4, 0.5) is 0 Å². The smallest absolute Gasteiger partial charge is 0 e. The van der Waals surface area contributed by atoms with Crippen molar-refractivity contribution >= 4 is 10.1 Å². The van der Waals surface area contributed by atoms with Crippen LogP contribution < -0.4 is 0 Å². The Kier molecular flexibility index (Phi) is 58.6. The zero-order chi connectivity index (χ0) is 5.41. The van der Waals surface area contributed by atoms with Crippen molar-refractivity contribution in [3.8, 4) is 0 Å². The molecule has 0 aromatic rings. The number of rotatable bonds is 1. The van der Waals surface area contributed by atoms with E-state index < -0.39 is 0 Å². The quantitative estimate of drug-likeness (QED) is 0.612. The van der Waals surface area contributed by atoms with E-state index in [-0.39, 0.29) is 19.5 Å². The van der Waals surface area contributed by atoms with Gasteiger partial charge in [0.2, 0.25) is 0 Å². The summed E-state index contributed by atoms with van der Waals surface area (Å²) in [5, 5.41) is 0. The Hall–Kier alpha value is 1.47. The van der Waals surface area contributed by atoms with Crippen molar-refractivity contribution in [1.29, 1.82) is 0 Å². The third-order valence-corrected chi connectivity index (χ3v) is 0.500. The summed E-state index contributed by atoms with van der Waals surface area (Å²) in [7, 11) is 4.21. The molecule has 0 atom stereocenters. The largest absolute Gasteiger partial charge is 0 e. The fraction of sp³-hybridized carbons (Fsp3) is 1.00. The maximum absolute atomic E-state index is 4.21. The van der Waals surface area contributed by atoms with E-state index in [0.29, 0.717) is 0 Å². The maximum Gasteiger partial charge on any atom is 0 e. The third kappa shape index (κ3) is 36.7. The van der Waals surface area contributed by atoms with Gasteiger partial charge in [-0.1, -0.05) is 26.7 Å². The van der Waals surface area contributed by atoms with Crippen molar-refractivity contribution < 1.29 is 36.0 Å². The van der Waals surface area contributed by atoms with Gasteiger partial charge < -0.3 is 0 Å². The van der Waals surface area contributed by atoms with Crippen molar-refractivity contribution in [3.05, 3.63) is 0 Å². The van der Waals surface area contributed by atoms with E-state index in [1.807, 2.05) is 0 Å². The molecule has 3 heteroatoms. The maximum atomic E-state index is 4.21. The van der Waals surface area contributed by atoms with Gasteiger partial charge in [0, 0.05) is 19.5 Å². The fourth-order valence-corrected chi connectivity index (χ4v) is 0. The van der Waals surface area contributed by atoms with E-state index >= 15 is 0 Å². The van der Waals surface area contributed by atoms with Crippen LogP contribution in [-0.4, -0.2) is 0 Å². The Labute approximate surface area is 72.5 Å². The summed E-state index contributed by atoms with van der Waals surface area (Å²) in [5.41, 5.74) is 0. The molecule has 36 valence electrons. The summed E-state index contributed by atoms with van der Waals surface area (Å²) in [5.74, 6) is 0. The van der Waals surface area contributed by atoms with Gasteiger partial charge in [-0.15, -0.1) is 0 Å². The molecule has 0 aromatic carbocycles. The van der Waals surface area contributed by atoms with E-state index in [1.54, 1.807) is 0 Å². The summed E-state index contributed by atoms with van der Waals surface area (Å²) in [6.07, 6.45) is 2.64. The van der Waals surface area contributed by atoms with Gasteiger partial charge in [-0.2, -0.15) is 0 Å². The summed E-state index contributed by atoms with van der Waals surface area (Å²) in [4.78, 5) is 0. The van der Waals surface area contributed by atoms with Gasteiger partial charge in [-0.25, -0.2) is 0 Å². The predicted octanol–water partition coefficient (Wildman–Crippen LogP) is 2.45. The SMILES string of the molecule is CCCC.[S]=[Zn].[Zn]. The molecular formula is C4H10SZn2. The molecule has 0 bridgehead atoms. The molecule has 0 saturated heterocycles. The molecular weight excluding hydrogens is 211 g/mol. The minimum Gasteiger partial charge on any atom is 0 e. The predicted molar refractivity (Wildman–Crippen MR) is 28.2 cm³/mol. The van der Waals surface area contributed by atoms with Crippen LogP contribution in [0, 0.1) is 0 Å². The molecule has 7 heavy (non-hydrogen) atoms. The van der Waals surface area contributed by atoms with E-state index in [0.717, 1.165) is 16.6 Å². The molecule has 0 aliphatic heterocycles. The molecule has 0 radical (unpaired) electrons. The molecule has 0 fully saturated rings. The molecule has 0 aliphatic rings. The van der Waals surface area contributed by atoms with E-state index in [4.69, 9.17) is 0 Å². The van der Waals surface area contributed by atoms with Gasteiger partial charge in [-0.05, 0) is 0 Å². The summed E-state index contributed by atoms with van der Waals surface area (Å²) in [6.45, 7) is 4.36. The zero-order valence-corrected chi connectivity index (χ0v) is 12.0. The van der Waals surface area contributed by atoms with Crippen molar-refractivity contribution in [2.45, 2.75) is 26.7 Å².